The van der Waals surface area contributed by atoms with Crippen LogP contribution in [0.25, 0.3) is 0 Å². The number of ketones is 1. The topological polar surface area (TPSA) is 105 Å². The Bertz CT molecular complexity index is 1260. The molecule has 0 spiro atoms. The molecule has 0 bridgehead atoms. The maximum atomic E-state index is 15.2. The average Bonchev–Trinajstić information content (AvgIpc) is 3.14. The van der Waals surface area contributed by atoms with Crippen LogP contribution in [0.15, 0.2) is 40.5 Å². The maximum Gasteiger partial charge on any atom is 0.408 e. The molecule has 2 unspecified atom stereocenters. The number of Topliss-reactive ketones (excluding diaryl/α,β-unsaturated/α-hetero) is 1. The number of likely N-dealkylation sites (tertiary alicyclic amines) is 1. The van der Waals surface area contributed by atoms with Crippen LogP contribution in [0.1, 0.15) is 20.3 Å². The number of allylic oxidation sites excluding steroid dienone is 1. The second-order valence-electron chi connectivity index (χ2n) is 9.73. The minimum absolute atomic E-state index is 0.268. The number of anilines is 1. The third-order valence-corrected chi connectivity index (χ3v) is 6.58. The van der Waals surface area contributed by atoms with Gasteiger partial charge in [0.05, 0.1) is 23.7 Å². The first-order valence-electron chi connectivity index (χ1n) is 11.8. The number of hydrogen-bond donors (Lipinski definition) is 3. The van der Waals surface area contributed by atoms with Crippen LogP contribution in [0.4, 0.5) is 36.4 Å². The number of nitrogens with one attached hydrogen (secondary N) is 1. The standard InChI is InChI=1S/C24H23F7N4O4/c1-9(2)20(24(29,30)31)32-23(39)12-6-35(18-13(26)3-10(25)4-14(18)27)21-11(19(12)38)5-15(28)22(33-21)34-7-16(36)17(37)8-34/h3-4,6,9,11,16-17,20,36-37H,5,7-8H2,1-2H3,(H,32,39)/t11?,16-,17+,20?. The van der Waals surface area contributed by atoms with Crippen molar-refractivity contribution in [2.45, 2.75) is 44.7 Å². The van der Waals surface area contributed by atoms with Gasteiger partial charge in [-0.15, -0.1) is 0 Å². The monoisotopic (exact) mass is 564 g/mol. The number of rotatable bonds is 5. The lowest BCUT2D eigenvalue weighted by Gasteiger charge is -2.36. The quantitative estimate of drug-likeness (QED) is 0.376. The van der Waals surface area contributed by atoms with Crippen molar-refractivity contribution < 1.29 is 50.5 Å². The highest BCUT2D eigenvalue weighted by molar-refractivity contribution is 6.30. The summed E-state index contributed by atoms with van der Waals surface area (Å²) in [6, 6.07) is -1.79. The summed E-state index contributed by atoms with van der Waals surface area (Å²) in [6.45, 7) is 1.81. The summed E-state index contributed by atoms with van der Waals surface area (Å²) >= 11 is 0. The van der Waals surface area contributed by atoms with E-state index in [4.69, 9.17) is 0 Å². The third-order valence-electron chi connectivity index (χ3n) is 6.58. The molecular weight excluding hydrogens is 541 g/mol. The number of hydrogen-bond acceptors (Lipinski definition) is 7. The number of aliphatic imine (C=N–C) groups is 1. The van der Waals surface area contributed by atoms with E-state index in [-0.39, 0.29) is 13.1 Å². The van der Waals surface area contributed by atoms with Crippen LogP contribution in [0.3, 0.4) is 0 Å². The molecule has 0 radical (unpaired) electrons. The van der Waals surface area contributed by atoms with Gasteiger partial charge in [-0.3, -0.25) is 14.5 Å². The number of carbonyl (C=O) groups is 2. The summed E-state index contributed by atoms with van der Waals surface area (Å²) in [7, 11) is 0. The molecule has 0 aromatic heterocycles. The average molecular weight is 564 g/mol. The van der Waals surface area contributed by atoms with Crippen LogP contribution in [-0.2, 0) is 9.59 Å². The van der Waals surface area contributed by atoms with E-state index in [0.717, 1.165) is 4.90 Å². The lowest BCUT2D eigenvalue weighted by molar-refractivity contribution is -0.169. The highest BCUT2D eigenvalue weighted by Crippen LogP contribution is 2.38. The van der Waals surface area contributed by atoms with Crippen molar-refractivity contribution in [3.05, 3.63) is 53.0 Å². The molecule has 212 valence electrons. The van der Waals surface area contributed by atoms with E-state index in [2.05, 4.69) is 4.99 Å². The van der Waals surface area contributed by atoms with Gasteiger partial charge >= 0.3 is 6.18 Å². The molecule has 4 atom stereocenters. The Hall–Kier alpha value is -3.46. The van der Waals surface area contributed by atoms with E-state index in [9.17, 15) is 46.1 Å². The molecule has 8 nitrogen and oxygen atoms in total. The number of carbonyl (C=O) groups excluding carboxylic acids is 2. The molecular formula is C24H23F7N4O4. The fourth-order valence-corrected chi connectivity index (χ4v) is 4.63. The maximum absolute atomic E-state index is 15.2. The first kappa shape index (κ1) is 28.5. The van der Waals surface area contributed by atoms with Crippen molar-refractivity contribution in [1.29, 1.82) is 0 Å². The van der Waals surface area contributed by atoms with E-state index in [1.165, 1.54) is 13.8 Å². The van der Waals surface area contributed by atoms with Gasteiger partial charge in [-0.05, 0) is 5.92 Å². The second-order valence-corrected chi connectivity index (χ2v) is 9.73. The van der Waals surface area contributed by atoms with Gasteiger partial charge in [-0.2, -0.15) is 13.2 Å². The fourth-order valence-electron chi connectivity index (χ4n) is 4.63. The number of amidine groups is 1. The second kappa shape index (κ2) is 10.3. The largest absolute Gasteiger partial charge is 0.408 e. The Morgan fingerprint density at radius 3 is 2.15 bits per heavy atom. The molecule has 3 aliphatic heterocycles. The normalized spacial score (nSPS) is 24.6. The Labute approximate surface area is 217 Å². The molecule has 1 aromatic carbocycles. The van der Waals surface area contributed by atoms with Crippen LogP contribution < -0.4 is 10.2 Å². The Morgan fingerprint density at radius 2 is 1.64 bits per heavy atom. The first-order chi connectivity index (χ1) is 18.1. The van der Waals surface area contributed by atoms with Gasteiger partial charge in [-0.1, -0.05) is 13.8 Å². The van der Waals surface area contributed by atoms with E-state index in [1.807, 2.05) is 0 Å². The molecule has 15 heteroatoms. The van der Waals surface area contributed by atoms with Gasteiger partial charge in [0.25, 0.3) is 5.91 Å². The molecule has 1 saturated heterocycles. The number of benzene rings is 1. The van der Waals surface area contributed by atoms with Crippen LogP contribution in [0.2, 0.25) is 0 Å². The number of β-amino-alcohol motifs (C(OH)–C–C–N with tert-alkyl or cyclic N) is 2. The zero-order valence-electron chi connectivity index (χ0n) is 20.4. The van der Waals surface area contributed by atoms with E-state index < -0.39 is 101 Å². The summed E-state index contributed by atoms with van der Waals surface area (Å²) in [6.07, 6.45) is -7.67. The van der Waals surface area contributed by atoms with Crippen molar-refractivity contribution in [1.82, 2.24) is 10.2 Å². The molecule has 3 aliphatic rings. The Balaban J connectivity index is 1.83. The zero-order valence-corrected chi connectivity index (χ0v) is 20.4. The number of fused-ring (bicyclic) bond motifs is 1. The van der Waals surface area contributed by atoms with Crippen LogP contribution in [-0.4, -0.2) is 70.2 Å². The van der Waals surface area contributed by atoms with Gasteiger partial charge in [0.1, 0.15) is 29.2 Å². The number of aliphatic hydroxyl groups is 2. The predicted molar refractivity (Wildman–Crippen MR) is 122 cm³/mol. The first-order valence-corrected chi connectivity index (χ1v) is 11.8. The molecule has 0 saturated carbocycles. The molecule has 1 aromatic rings. The van der Waals surface area contributed by atoms with Gasteiger partial charge < -0.3 is 20.4 Å². The van der Waals surface area contributed by atoms with Gasteiger partial charge in [0.15, 0.2) is 23.2 Å². The fraction of sp³-hybridized carbons (Fsp3) is 0.458. The molecule has 3 heterocycles. The number of aliphatic hydroxyl groups excluding tert-OH is 2. The highest BCUT2D eigenvalue weighted by atomic mass is 19.4. The summed E-state index contributed by atoms with van der Waals surface area (Å²) in [5, 5.41) is 21.4. The van der Waals surface area contributed by atoms with Gasteiger partial charge in [0, 0.05) is 37.8 Å². The van der Waals surface area contributed by atoms with Crippen molar-refractivity contribution in [3.8, 4) is 0 Å². The SMILES string of the molecule is CC(C)C(NC(=O)C1=CN(c2c(F)cc(F)cc2F)C2=NC(N3C[C@@H](O)[C@@H](O)C3)=C(F)CC2C1=O)C(F)(F)F. The van der Waals surface area contributed by atoms with Crippen molar-refractivity contribution in [2.24, 2.45) is 16.8 Å². The number of nitrogens with zero attached hydrogens (tertiary/aromatic N) is 3. The van der Waals surface area contributed by atoms with Gasteiger partial charge in [0.2, 0.25) is 0 Å². The third kappa shape index (κ3) is 5.37. The summed E-state index contributed by atoms with van der Waals surface area (Å²) in [4.78, 5) is 31.8. The highest BCUT2D eigenvalue weighted by Gasteiger charge is 2.47. The van der Waals surface area contributed by atoms with Crippen molar-refractivity contribution >= 4 is 23.2 Å². The Morgan fingerprint density at radius 1 is 1.08 bits per heavy atom. The lowest BCUT2D eigenvalue weighted by Crippen LogP contribution is -2.52. The van der Waals surface area contributed by atoms with E-state index >= 15 is 4.39 Å². The molecule has 0 aliphatic carbocycles. The summed E-state index contributed by atoms with van der Waals surface area (Å²) in [5.74, 6) is -11.8. The number of amides is 1. The smallest absolute Gasteiger partial charge is 0.389 e. The van der Waals surface area contributed by atoms with Crippen LogP contribution in [0.5, 0.6) is 0 Å². The van der Waals surface area contributed by atoms with Crippen LogP contribution >= 0.6 is 0 Å². The molecule has 1 amide bonds. The van der Waals surface area contributed by atoms with Crippen LogP contribution in [0, 0.1) is 29.3 Å². The molecule has 4 rings (SSSR count). The molecule has 1 fully saturated rings. The number of halogens is 7. The molecule has 3 N–H and O–H groups in total. The zero-order chi connectivity index (χ0) is 29.0. The Kier molecular flexibility index (Phi) is 7.51. The molecule has 39 heavy (non-hydrogen) atoms. The summed E-state index contributed by atoms with van der Waals surface area (Å²) < 4.78 is 98.8. The van der Waals surface area contributed by atoms with Crippen molar-refractivity contribution in [3.63, 3.8) is 0 Å². The van der Waals surface area contributed by atoms with Crippen molar-refractivity contribution in [2.75, 3.05) is 18.0 Å². The minimum Gasteiger partial charge on any atom is -0.389 e. The lowest BCUT2D eigenvalue weighted by atomic mass is 9.87. The predicted octanol–water partition coefficient (Wildman–Crippen LogP) is 2.67. The minimum atomic E-state index is -4.90. The summed E-state index contributed by atoms with van der Waals surface area (Å²) in [5.41, 5.74) is -1.97. The number of alkyl halides is 3. The van der Waals surface area contributed by atoms with E-state index in [0.29, 0.717) is 23.2 Å². The van der Waals surface area contributed by atoms with Gasteiger partial charge in [-0.25, -0.2) is 22.6 Å². The van der Waals surface area contributed by atoms with E-state index in [1.54, 1.807) is 5.32 Å².